The Labute approximate surface area is 174 Å². The summed E-state index contributed by atoms with van der Waals surface area (Å²) in [6, 6.07) is 6.12. The highest BCUT2D eigenvalue weighted by Crippen LogP contribution is 2.36. The van der Waals surface area contributed by atoms with Crippen LogP contribution in [0.2, 0.25) is 5.15 Å². The third-order valence-corrected chi connectivity index (χ3v) is 4.71. The van der Waals surface area contributed by atoms with Gasteiger partial charge in [0.05, 0.1) is 18.4 Å². The molecular formula is C19H15ClN2O6S. The van der Waals surface area contributed by atoms with E-state index in [4.69, 9.17) is 25.5 Å². The highest BCUT2D eigenvalue weighted by molar-refractivity contribution is 7.15. The van der Waals surface area contributed by atoms with Crippen LogP contribution in [0.15, 0.2) is 46.5 Å². The maximum Gasteiger partial charge on any atom is 0.341 e. The molecule has 8 nitrogen and oxygen atoms in total. The monoisotopic (exact) mass is 434 g/mol. The van der Waals surface area contributed by atoms with E-state index in [1.54, 1.807) is 24.4 Å². The first-order chi connectivity index (χ1) is 14.0. The molecule has 0 aromatic carbocycles. The van der Waals surface area contributed by atoms with Crippen LogP contribution >= 0.6 is 22.9 Å². The number of rotatable bonds is 7. The van der Waals surface area contributed by atoms with E-state index >= 15 is 0 Å². The second-order valence-corrected chi connectivity index (χ2v) is 6.81. The number of nitrogens with one attached hydrogen (secondary N) is 1. The zero-order valence-electron chi connectivity index (χ0n) is 15.1. The summed E-state index contributed by atoms with van der Waals surface area (Å²) in [5, 5.41) is 4.64. The minimum Gasteiger partial charge on any atom is -0.464 e. The number of furan rings is 1. The van der Waals surface area contributed by atoms with Crippen molar-refractivity contribution in [2.75, 3.05) is 18.5 Å². The molecule has 0 bridgehead atoms. The maximum atomic E-state index is 12.4. The lowest BCUT2D eigenvalue weighted by atomic mass is 10.1. The maximum absolute atomic E-state index is 12.4. The number of hydrogen-bond acceptors (Lipinski definition) is 8. The van der Waals surface area contributed by atoms with Crippen LogP contribution < -0.4 is 5.32 Å². The quantitative estimate of drug-likeness (QED) is 0.441. The Morgan fingerprint density at radius 2 is 2.07 bits per heavy atom. The molecule has 3 heterocycles. The van der Waals surface area contributed by atoms with E-state index in [0.717, 1.165) is 11.3 Å². The third kappa shape index (κ3) is 5.01. The van der Waals surface area contributed by atoms with Crippen molar-refractivity contribution in [3.8, 4) is 11.3 Å². The summed E-state index contributed by atoms with van der Waals surface area (Å²) in [6.45, 7) is 1.31. The molecule has 0 unspecified atom stereocenters. The number of ether oxygens (including phenoxy) is 2. The molecule has 3 aromatic rings. The van der Waals surface area contributed by atoms with Crippen molar-refractivity contribution in [2.24, 2.45) is 0 Å². The number of carbonyl (C=O) groups excluding carboxylic acids is 3. The summed E-state index contributed by atoms with van der Waals surface area (Å²) in [6.07, 6.45) is 2.83. The van der Waals surface area contributed by atoms with Crippen LogP contribution in [0.3, 0.4) is 0 Å². The molecule has 10 heteroatoms. The largest absolute Gasteiger partial charge is 0.464 e. The minimum atomic E-state index is -0.725. The summed E-state index contributed by atoms with van der Waals surface area (Å²) in [4.78, 5) is 40.4. The van der Waals surface area contributed by atoms with Crippen molar-refractivity contribution in [2.45, 2.75) is 6.92 Å². The van der Waals surface area contributed by atoms with Crippen molar-refractivity contribution >= 4 is 45.8 Å². The fourth-order valence-corrected chi connectivity index (χ4v) is 3.50. The Bertz CT molecular complexity index is 1030. The topological polar surface area (TPSA) is 108 Å². The van der Waals surface area contributed by atoms with E-state index in [1.165, 1.54) is 24.6 Å². The Hall–Kier alpha value is -3.17. The average Bonchev–Trinajstić information content (AvgIpc) is 3.36. The molecular weight excluding hydrogens is 420 g/mol. The lowest BCUT2D eigenvalue weighted by Crippen LogP contribution is -2.21. The van der Waals surface area contributed by atoms with Gasteiger partial charge in [-0.2, -0.15) is 0 Å². The van der Waals surface area contributed by atoms with Gasteiger partial charge in [-0.3, -0.25) is 4.79 Å². The van der Waals surface area contributed by atoms with Crippen molar-refractivity contribution in [1.29, 1.82) is 0 Å². The summed E-state index contributed by atoms with van der Waals surface area (Å²) in [7, 11) is 0. The fraction of sp³-hybridized carbons (Fsp3) is 0.158. The molecule has 3 aromatic heterocycles. The van der Waals surface area contributed by atoms with Crippen molar-refractivity contribution in [3.05, 3.63) is 58.4 Å². The summed E-state index contributed by atoms with van der Waals surface area (Å²) >= 11 is 6.86. The first-order valence-electron chi connectivity index (χ1n) is 8.40. The van der Waals surface area contributed by atoms with Crippen LogP contribution in [0.4, 0.5) is 5.00 Å². The molecule has 150 valence electrons. The molecule has 29 heavy (non-hydrogen) atoms. The van der Waals surface area contributed by atoms with Gasteiger partial charge in [0, 0.05) is 17.1 Å². The van der Waals surface area contributed by atoms with Gasteiger partial charge < -0.3 is 19.2 Å². The molecule has 0 spiro atoms. The van der Waals surface area contributed by atoms with Crippen molar-refractivity contribution in [1.82, 2.24) is 4.98 Å². The molecule has 0 aliphatic rings. The first kappa shape index (κ1) is 20.6. The lowest BCUT2D eigenvalue weighted by Gasteiger charge is -2.08. The molecule has 1 amide bonds. The normalized spacial score (nSPS) is 10.4. The van der Waals surface area contributed by atoms with Gasteiger partial charge in [0.2, 0.25) is 0 Å². The molecule has 0 fully saturated rings. The average molecular weight is 435 g/mol. The molecule has 3 rings (SSSR count). The zero-order chi connectivity index (χ0) is 20.8. The van der Waals surface area contributed by atoms with Crippen LogP contribution in [-0.4, -0.2) is 36.0 Å². The highest BCUT2D eigenvalue weighted by atomic mass is 35.5. The number of hydrogen-bond donors (Lipinski definition) is 1. The molecule has 0 radical (unpaired) electrons. The van der Waals surface area contributed by atoms with Gasteiger partial charge in [-0.15, -0.1) is 11.3 Å². The number of halogens is 1. The third-order valence-electron chi connectivity index (χ3n) is 3.61. The number of anilines is 1. The van der Waals surface area contributed by atoms with Crippen LogP contribution in [-0.2, 0) is 14.3 Å². The Morgan fingerprint density at radius 3 is 2.76 bits per heavy atom. The first-order valence-corrected chi connectivity index (χ1v) is 9.66. The number of carbonyl (C=O) groups is 3. The van der Waals surface area contributed by atoms with Crippen molar-refractivity contribution in [3.63, 3.8) is 0 Å². The molecule has 0 saturated heterocycles. The summed E-state index contributed by atoms with van der Waals surface area (Å²) in [5.74, 6) is -1.47. The van der Waals surface area contributed by atoms with E-state index in [2.05, 4.69) is 10.3 Å². The smallest absolute Gasteiger partial charge is 0.341 e. The number of pyridine rings is 1. The minimum absolute atomic E-state index is 0.132. The van der Waals surface area contributed by atoms with Gasteiger partial charge in [0.1, 0.15) is 21.5 Å². The van der Waals surface area contributed by atoms with Crippen LogP contribution in [0, 0.1) is 0 Å². The summed E-state index contributed by atoms with van der Waals surface area (Å²) < 4.78 is 15.4. The van der Waals surface area contributed by atoms with E-state index < -0.39 is 24.5 Å². The zero-order valence-corrected chi connectivity index (χ0v) is 16.7. The molecule has 0 aliphatic carbocycles. The Kier molecular flexibility index (Phi) is 6.63. The van der Waals surface area contributed by atoms with E-state index in [0.29, 0.717) is 11.3 Å². The SMILES string of the molecule is CCOC(=O)c1c(-c2ccco2)csc1NC(=O)COC(=O)c1ccnc(Cl)c1. The molecule has 0 aliphatic heterocycles. The van der Waals surface area contributed by atoms with Gasteiger partial charge >= 0.3 is 11.9 Å². The van der Waals surface area contributed by atoms with Gasteiger partial charge in [-0.1, -0.05) is 11.6 Å². The molecule has 0 atom stereocenters. The van der Waals surface area contributed by atoms with Gasteiger partial charge in [0.15, 0.2) is 6.61 Å². The predicted molar refractivity (Wildman–Crippen MR) is 106 cm³/mol. The van der Waals surface area contributed by atoms with Crippen LogP contribution in [0.1, 0.15) is 27.6 Å². The van der Waals surface area contributed by atoms with Crippen LogP contribution in [0.25, 0.3) is 11.3 Å². The number of nitrogens with zero attached hydrogens (tertiary/aromatic N) is 1. The Morgan fingerprint density at radius 1 is 1.24 bits per heavy atom. The highest BCUT2D eigenvalue weighted by Gasteiger charge is 2.24. The lowest BCUT2D eigenvalue weighted by molar-refractivity contribution is -0.119. The standard InChI is InChI=1S/C19H15ClN2O6S/c1-2-26-19(25)16-12(13-4-3-7-27-13)10-29-17(16)22-15(23)9-28-18(24)11-5-6-21-14(20)8-11/h3-8,10H,2,9H2,1H3,(H,22,23). The fourth-order valence-electron chi connectivity index (χ4n) is 2.38. The Balaban J connectivity index is 1.71. The number of aromatic nitrogens is 1. The molecule has 0 saturated carbocycles. The van der Waals surface area contributed by atoms with E-state index in [1.807, 2.05) is 0 Å². The van der Waals surface area contributed by atoms with Crippen molar-refractivity contribution < 1.29 is 28.3 Å². The van der Waals surface area contributed by atoms with Gasteiger partial charge in [0.25, 0.3) is 5.91 Å². The number of amides is 1. The van der Waals surface area contributed by atoms with Gasteiger partial charge in [-0.05, 0) is 31.2 Å². The second kappa shape index (κ2) is 9.35. The van der Waals surface area contributed by atoms with E-state index in [-0.39, 0.29) is 27.9 Å². The number of esters is 2. The second-order valence-electron chi connectivity index (χ2n) is 5.54. The van der Waals surface area contributed by atoms with Crippen LogP contribution in [0.5, 0.6) is 0 Å². The van der Waals surface area contributed by atoms with Gasteiger partial charge in [-0.25, -0.2) is 14.6 Å². The van der Waals surface area contributed by atoms with E-state index in [9.17, 15) is 14.4 Å². The molecule has 1 N–H and O–H groups in total. The predicted octanol–water partition coefficient (Wildman–Crippen LogP) is 4.03. The number of thiophene rings is 1. The summed E-state index contributed by atoms with van der Waals surface area (Å²) in [5.41, 5.74) is 0.839.